The summed E-state index contributed by atoms with van der Waals surface area (Å²) in [7, 11) is 1.76. The molecule has 0 spiro atoms. The molecule has 0 saturated carbocycles. The minimum Gasteiger partial charge on any atom is -0.385 e. The largest absolute Gasteiger partial charge is 0.385 e. The Bertz CT molecular complexity index is 533. The second-order valence-electron chi connectivity index (χ2n) is 5.47. The molecule has 110 valence electrons. The quantitative estimate of drug-likeness (QED) is 0.750. The van der Waals surface area contributed by atoms with E-state index in [1.807, 2.05) is 0 Å². The summed E-state index contributed by atoms with van der Waals surface area (Å²) in [5, 5.41) is 1.32. The van der Waals surface area contributed by atoms with Crippen LogP contribution in [0.1, 0.15) is 31.7 Å². The lowest BCUT2D eigenvalue weighted by molar-refractivity contribution is 0.191. The van der Waals surface area contributed by atoms with E-state index in [2.05, 4.69) is 42.0 Å². The van der Waals surface area contributed by atoms with Crippen LogP contribution in [-0.4, -0.2) is 24.3 Å². The van der Waals surface area contributed by atoms with Gasteiger partial charge in [0, 0.05) is 38.0 Å². The van der Waals surface area contributed by atoms with E-state index in [1.54, 1.807) is 7.11 Å². The molecule has 1 aromatic heterocycles. The Morgan fingerprint density at radius 3 is 2.85 bits per heavy atom. The first-order chi connectivity index (χ1) is 9.74. The summed E-state index contributed by atoms with van der Waals surface area (Å²) in [5.41, 5.74) is 8.68. The first-order valence-electron chi connectivity index (χ1n) is 7.57. The molecule has 1 heterocycles. The summed E-state index contributed by atoms with van der Waals surface area (Å²) in [4.78, 5) is 0. The van der Waals surface area contributed by atoms with Crippen LogP contribution in [0, 0.1) is 0 Å². The van der Waals surface area contributed by atoms with Crippen molar-refractivity contribution in [1.29, 1.82) is 0 Å². The van der Waals surface area contributed by atoms with Gasteiger partial charge in [-0.05, 0) is 54.8 Å². The summed E-state index contributed by atoms with van der Waals surface area (Å²) in [6, 6.07) is 9.18. The highest BCUT2D eigenvalue weighted by atomic mass is 16.5. The number of rotatable bonds is 8. The number of nitrogens with two attached hydrogens (primary N) is 1. The molecule has 0 aliphatic carbocycles. The molecule has 1 aromatic carbocycles. The molecule has 0 fully saturated rings. The third-order valence-electron chi connectivity index (χ3n) is 3.86. The third-order valence-corrected chi connectivity index (χ3v) is 3.86. The molecular formula is C17H26N2O. The Balaban J connectivity index is 2.04. The molecule has 0 saturated heterocycles. The molecule has 20 heavy (non-hydrogen) atoms. The van der Waals surface area contributed by atoms with Crippen LogP contribution in [-0.2, 0) is 17.7 Å². The van der Waals surface area contributed by atoms with Gasteiger partial charge in [0.05, 0.1) is 0 Å². The summed E-state index contributed by atoms with van der Waals surface area (Å²) in [6.07, 6.45) is 6.44. The standard InChI is InChI=1S/C17H26N2O/c1-3-16(18)13-14-6-7-17-15(12-14)8-10-19(17)9-4-5-11-20-2/h6-8,10,12,16H,3-5,9,11,13,18H2,1-2H3. The van der Waals surface area contributed by atoms with Gasteiger partial charge in [-0.15, -0.1) is 0 Å². The van der Waals surface area contributed by atoms with Crippen molar-refractivity contribution in [2.24, 2.45) is 5.73 Å². The number of nitrogens with zero attached hydrogens (tertiary/aromatic N) is 1. The normalized spacial score (nSPS) is 12.9. The summed E-state index contributed by atoms with van der Waals surface area (Å²) in [5.74, 6) is 0. The van der Waals surface area contributed by atoms with E-state index < -0.39 is 0 Å². The van der Waals surface area contributed by atoms with Gasteiger partial charge in [0.25, 0.3) is 0 Å². The molecule has 2 N–H and O–H groups in total. The summed E-state index contributed by atoms with van der Waals surface area (Å²) >= 11 is 0. The van der Waals surface area contributed by atoms with Crippen molar-refractivity contribution in [3.8, 4) is 0 Å². The lowest BCUT2D eigenvalue weighted by Gasteiger charge is -2.09. The van der Waals surface area contributed by atoms with Crippen molar-refractivity contribution < 1.29 is 4.74 Å². The molecule has 3 nitrogen and oxygen atoms in total. The van der Waals surface area contributed by atoms with Crippen LogP contribution in [0.5, 0.6) is 0 Å². The van der Waals surface area contributed by atoms with Crippen LogP contribution in [0.3, 0.4) is 0 Å². The molecule has 0 aliphatic heterocycles. The van der Waals surface area contributed by atoms with E-state index in [-0.39, 0.29) is 6.04 Å². The monoisotopic (exact) mass is 274 g/mol. The van der Waals surface area contributed by atoms with Gasteiger partial charge < -0.3 is 15.0 Å². The molecule has 0 bridgehead atoms. The molecule has 0 radical (unpaired) electrons. The topological polar surface area (TPSA) is 40.2 Å². The zero-order chi connectivity index (χ0) is 14.4. The molecule has 3 heteroatoms. The maximum Gasteiger partial charge on any atom is 0.0480 e. The van der Waals surface area contributed by atoms with Gasteiger partial charge in [-0.3, -0.25) is 0 Å². The van der Waals surface area contributed by atoms with Gasteiger partial charge in [0.15, 0.2) is 0 Å². The summed E-state index contributed by atoms with van der Waals surface area (Å²) < 4.78 is 7.42. The van der Waals surface area contributed by atoms with Gasteiger partial charge in [0.1, 0.15) is 0 Å². The number of aromatic nitrogens is 1. The average molecular weight is 274 g/mol. The Morgan fingerprint density at radius 2 is 2.10 bits per heavy atom. The SMILES string of the molecule is CCC(N)Cc1ccc2c(ccn2CCCCOC)c1. The first-order valence-corrected chi connectivity index (χ1v) is 7.57. The van der Waals surface area contributed by atoms with Crippen LogP contribution < -0.4 is 5.73 Å². The molecule has 2 aromatic rings. The minimum absolute atomic E-state index is 0.267. The maximum atomic E-state index is 6.03. The van der Waals surface area contributed by atoms with E-state index in [9.17, 15) is 0 Å². The molecule has 1 atom stereocenters. The number of aryl methyl sites for hydroxylation is 1. The number of benzene rings is 1. The fourth-order valence-corrected chi connectivity index (χ4v) is 2.55. The lowest BCUT2D eigenvalue weighted by Crippen LogP contribution is -2.21. The van der Waals surface area contributed by atoms with Crippen LogP contribution in [0.15, 0.2) is 30.5 Å². The smallest absolute Gasteiger partial charge is 0.0480 e. The Morgan fingerprint density at radius 1 is 1.25 bits per heavy atom. The Labute approximate surface area is 121 Å². The van der Waals surface area contributed by atoms with Gasteiger partial charge in [-0.1, -0.05) is 13.0 Å². The molecule has 1 unspecified atom stereocenters. The van der Waals surface area contributed by atoms with E-state index in [1.165, 1.54) is 16.5 Å². The van der Waals surface area contributed by atoms with Crippen molar-refractivity contribution in [3.63, 3.8) is 0 Å². The Hall–Kier alpha value is -1.32. The highest BCUT2D eigenvalue weighted by molar-refractivity contribution is 5.80. The van der Waals surface area contributed by atoms with Crippen molar-refractivity contribution in [1.82, 2.24) is 4.57 Å². The molecule has 0 amide bonds. The minimum atomic E-state index is 0.267. The number of fused-ring (bicyclic) bond motifs is 1. The zero-order valence-corrected chi connectivity index (χ0v) is 12.6. The van der Waals surface area contributed by atoms with Crippen LogP contribution >= 0.6 is 0 Å². The van der Waals surface area contributed by atoms with Crippen molar-refractivity contribution in [2.45, 2.75) is 45.2 Å². The second kappa shape index (κ2) is 7.46. The number of unbranched alkanes of at least 4 members (excludes halogenated alkanes) is 1. The number of hydrogen-bond acceptors (Lipinski definition) is 2. The second-order valence-corrected chi connectivity index (χ2v) is 5.47. The molecule has 0 aliphatic rings. The fraction of sp³-hybridized carbons (Fsp3) is 0.529. The maximum absolute atomic E-state index is 6.03. The van der Waals surface area contributed by atoms with Crippen LogP contribution in [0.2, 0.25) is 0 Å². The predicted molar refractivity (Wildman–Crippen MR) is 85.0 cm³/mol. The van der Waals surface area contributed by atoms with Crippen molar-refractivity contribution in [3.05, 3.63) is 36.0 Å². The third kappa shape index (κ3) is 3.84. The number of hydrogen-bond donors (Lipinski definition) is 1. The van der Waals surface area contributed by atoms with Gasteiger partial charge in [-0.25, -0.2) is 0 Å². The van der Waals surface area contributed by atoms with Crippen molar-refractivity contribution >= 4 is 10.9 Å². The van der Waals surface area contributed by atoms with Gasteiger partial charge in [-0.2, -0.15) is 0 Å². The van der Waals surface area contributed by atoms with E-state index in [4.69, 9.17) is 10.5 Å². The Kier molecular flexibility index (Phi) is 5.62. The van der Waals surface area contributed by atoms with Gasteiger partial charge in [0.2, 0.25) is 0 Å². The molecule has 2 rings (SSSR count). The zero-order valence-electron chi connectivity index (χ0n) is 12.6. The number of methoxy groups -OCH3 is 1. The lowest BCUT2D eigenvalue weighted by atomic mass is 10.0. The first kappa shape index (κ1) is 15.1. The average Bonchev–Trinajstić information content (AvgIpc) is 2.86. The van der Waals surface area contributed by atoms with Gasteiger partial charge >= 0.3 is 0 Å². The van der Waals surface area contributed by atoms with E-state index >= 15 is 0 Å². The van der Waals surface area contributed by atoms with E-state index in [0.717, 1.165) is 38.8 Å². The molecular weight excluding hydrogens is 248 g/mol. The highest BCUT2D eigenvalue weighted by Gasteiger charge is 2.05. The fourth-order valence-electron chi connectivity index (χ4n) is 2.55. The summed E-state index contributed by atoms with van der Waals surface area (Å²) in [6.45, 7) is 4.04. The number of ether oxygens (including phenoxy) is 1. The van der Waals surface area contributed by atoms with E-state index in [0.29, 0.717) is 0 Å². The van der Waals surface area contributed by atoms with Crippen LogP contribution in [0.4, 0.5) is 0 Å². The predicted octanol–water partition coefficient (Wildman–Crippen LogP) is 3.35. The van der Waals surface area contributed by atoms with Crippen LogP contribution in [0.25, 0.3) is 10.9 Å². The van der Waals surface area contributed by atoms with Crippen molar-refractivity contribution in [2.75, 3.05) is 13.7 Å². The highest BCUT2D eigenvalue weighted by Crippen LogP contribution is 2.19.